The maximum absolute atomic E-state index is 12.0. The smallest absolute Gasteiger partial charge is 0.271 e. The molecule has 0 aliphatic rings. The summed E-state index contributed by atoms with van der Waals surface area (Å²) in [6, 6.07) is 8.53. The highest BCUT2D eigenvalue weighted by Crippen LogP contribution is 2.37. The van der Waals surface area contributed by atoms with Crippen LogP contribution in [0.2, 0.25) is 0 Å². The van der Waals surface area contributed by atoms with Crippen molar-refractivity contribution in [2.75, 3.05) is 21.3 Å². The van der Waals surface area contributed by atoms with Crippen molar-refractivity contribution < 1.29 is 23.9 Å². The van der Waals surface area contributed by atoms with Crippen LogP contribution in [-0.2, 0) is 0 Å². The number of ether oxygens (including phenoxy) is 3. The van der Waals surface area contributed by atoms with E-state index >= 15 is 0 Å². The van der Waals surface area contributed by atoms with Crippen LogP contribution in [0, 0.1) is 10.1 Å². The monoisotopic (exact) mass is 359 g/mol. The molecule has 9 heteroatoms. The largest absolute Gasteiger partial charge is 0.493 e. The molecule has 0 unspecified atom stereocenters. The van der Waals surface area contributed by atoms with E-state index in [2.05, 4.69) is 10.5 Å². The number of hydrogen-bond donors (Lipinski definition) is 1. The number of hydrazone groups is 1. The van der Waals surface area contributed by atoms with Gasteiger partial charge in [-0.05, 0) is 24.3 Å². The van der Waals surface area contributed by atoms with Crippen LogP contribution in [0.1, 0.15) is 15.9 Å². The van der Waals surface area contributed by atoms with E-state index in [1.165, 1.54) is 51.8 Å². The molecule has 2 aromatic rings. The fourth-order valence-electron chi connectivity index (χ4n) is 2.14. The molecule has 0 atom stereocenters. The third-order valence-electron chi connectivity index (χ3n) is 3.41. The summed E-state index contributed by atoms with van der Waals surface area (Å²) in [7, 11) is 4.49. The Bertz CT molecular complexity index is 808. The van der Waals surface area contributed by atoms with Gasteiger partial charge in [-0.1, -0.05) is 0 Å². The van der Waals surface area contributed by atoms with Crippen LogP contribution in [0.5, 0.6) is 17.2 Å². The van der Waals surface area contributed by atoms with Crippen molar-refractivity contribution in [2.24, 2.45) is 5.10 Å². The molecular formula is C17H17N3O6. The van der Waals surface area contributed by atoms with Gasteiger partial charge in [0.15, 0.2) is 11.5 Å². The second-order valence-electron chi connectivity index (χ2n) is 4.96. The average Bonchev–Trinajstić information content (AvgIpc) is 2.66. The van der Waals surface area contributed by atoms with E-state index in [0.717, 1.165) is 0 Å². The Hall–Kier alpha value is -3.62. The van der Waals surface area contributed by atoms with Crippen molar-refractivity contribution in [1.29, 1.82) is 0 Å². The molecule has 136 valence electrons. The highest BCUT2D eigenvalue weighted by atomic mass is 16.6. The van der Waals surface area contributed by atoms with Gasteiger partial charge in [-0.25, -0.2) is 5.43 Å². The Kier molecular flexibility index (Phi) is 6.10. The van der Waals surface area contributed by atoms with Crippen LogP contribution in [0.3, 0.4) is 0 Å². The zero-order valence-corrected chi connectivity index (χ0v) is 14.4. The molecule has 0 radical (unpaired) electrons. The summed E-state index contributed by atoms with van der Waals surface area (Å²) < 4.78 is 15.7. The third kappa shape index (κ3) is 4.26. The van der Waals surface area contributed by atoms with Gasteiger partial charge in [0.25, 0.3) is 11.6 Å². The number of nitrogens with zero attached hydrogens (tertiary/aromatic N) is 2. The van der Waals surface area contributed by atoms with Gasteiger partial charge < -0.3 is 14.2 Å². The number of nitrogens with one attached hydrogen (secondary N) is 1. The first-order chi connectivity index (χ1) is 12.5. The van der Waals surface area contributed by atoms with E-state index in [1.807, 2.05) is 0 Å². The van der Waals surface area contributed by atoms with Gasteiger partial charge in [0.1, 0.15) is 0 Å². The molecule has 2 rings (SSSR count). The van der Waals surface area contributed by atoms with Crippen LogP contribution in [0.25, 0.3) is 0 Å². The number of amides is 1. The number of nitro benzene ring substituents is 1. The van der Waals surface area contributed by atoms with Crippen molar-refractivity contribution in [3.05, 3.63) is 57.6 Å². The predicted octanol–water partition coefficient (Wildman–Crippen LogP) is 2.38. The van der Waals surface area contributed by atoms with E-state index < -0.39 is 10.8 Å². The molecule has 2 aromatic carbocycles. The number of rotatable bonds is 7. The molecule has 0 spiro atoms. The minimum Gasteiger partial charge on any atom is -0.493 e. The Morgan fingerprint density at radius 1 is 1.08 bits per heavy atom. The zero-order valence-electron chi connectivity index (χ0n) is 14.4. The minimum absolute atomic E-state index is 0.0949. The lowest BCUT2D eigenvalue weighted by Gasteiger charge is -2.12. The van der Waals surface area contributed by atoms with Gasteiger partial charge >= 0.3 is 0 Å². The molecule has 0 aliphatic carbocycles. The number of methoxy groups -OCH3 is 3. The summed E-state index contributed by atoms with van der Waals surface area (Å²) in [4.78, 5) is 22.1. The second-order valence-corrected chi connectivity index (χ2v) is 4.96. The fourth-order valence-corrected chi connectivity index (χ4v) is 2.14. The Morgan fingerprint density at radius 3 is 2.12 bits per heavy atom. The number of carbonyl (C=O) groups excluding carboxylic acids is 1. The molecule has 0 aromatic heterocycles. The molecule has 0 fully saturated rings. The van der Waals surface area contributed by atoms with Gasteiger partial charge in [0.05, 0.1) is 32.5 Å². The van der Waals surface area contributed by atoms with E-state index in [1.54, 1.807) is 12.1 Å². The van der Waals surface area contributed by atoms with E-state index in [9.17, 15) is 14.9 Å². The quantitative estimate of drug-likeness (QED) is 0.461. The summed E-state index contributed by atoms with van der Waals surface area (Å²) in [6.07, 6.45) is 1.41. The van der Waals surface area contributed by atoms with Crippen molar-refractivity contribution >= 4 is 17.8 Å². The van der Waals surface area contributed by atoms with E-state index in [-0.39, 0.29) is 11.3 Å². The predicted molar refractivity (Wildman–Crippen MR) is 94.3 cm³/mol. The minimum atomic E-state index is -0.537. The average molecular weight is 359 g/mol. The van der Waals surface area contributed by atoms with Gasteiger partial charge in [-0.15, -0.1) is 0 Å². The van der Waals surface area contributed by atoms with Crippen LogP contribution < -0.4 is 19.6 Å². The number of benzene rings is 2. The summed E-state index contributed by atoms with van der Waals surface area (Å²) in [5.41, 5.74) is 3.11. The molecule has 0 saturated heterocycles. The van der Waals surface area contributed by atoms with Gasteiger partial charge in [0.2, 0.25) is 5.75 Å². The fraction of sp³-hybridized carbons (Fsp3) is 0.176. The van der Waals surface area contributed by atoms with Gasteiger partial charge in [-0.3, -0.25) is 14.9 Å². The molecule has 0 saturated carbocycles. The molecular weight excluding hydrogens is 342 g/mol. The van der Waals surface area contributed by atoms with E-state index in [4.69, 9.17) is 14.2 Å². The lowest BCUT2D eigenvalue weighted by molar-refractivity contribution is -0.384. The Morgan fingerprint density at radius 2 is 1.65 bits per heavy atom. The van der Waals surface area contributed by atoms with Crippen LogP contribution in [0.4, 0.5) is 5.69 Å². The number of non-ortho nitro benzene ring substituents is 1. The molecule has 9 nitrogen and oxygen atoms in total. The second kappa shape index (κ2) is 8.47. The molecule has 1 amide bonds. The van der Waals surface area contributed by atoms with Crippen LogP contribution in [-0.4, -0.2) is 38.4 Å². The molecule has 0 aliphatic heterocycles. The van der Waals surface area contributed by atoms with Crippen molar-refractivity contribution in [3.63, 3.8) is 0 Å². The lowest BCUT2D eigenvalue weighted by Crippen LogP contribution is -2.17. The highest BCUT2D eigenvalue weighted by Gasteiger charge is 2.12. The normalized spacial score (nSPS) is 10.4. The summed E-state index contributed by atoms with van der Waals surface area (Å²) in [6.45, 7) is 0. The topological polar surface area (TPSA) is 112 Å². The Balaban J connectivity index is 2.12. The SMILES string of the molecule is COc1cc(C=NNC(=O)c2ccc([N+](=O)[O-])cc2)cc(OC)c1OC. The zero-order chi connectivity index (χ0) is 19.1. The van der Waals surface area contributed by atoms with Crippen molar-refractivity contribution in [2.45, 2.75) is 0 Å². The first-order valence-corrected chi connectivity index (χ1v) is 7.38. The summed E-state index contributed by atoms with van der Waals surface area (Å²) >= 11 is 0. The van der Waals surface area contributed by atoms with Gasteiger partial charge in [0, 0.05) is 23.3 Å². The number of nitro groups is 1. The molecule has 1 N–H and O–H groups in total. The lowest BCUT2D eigenvalue weighted by atomic mass is 10.2. The molecule has 0 heterocycles. The maximum Gasteiger partial charge on any atom is 0.271 e. The number of carbonyl (C=O) groups is 1. The van der Waals surface area contributed by atoms with E-state index in [0.29, 0.717) is 22.8 Å². The highest BCUT2D eigenvalue weighted by molar-refractivity contribution is 5.95. The van der Waals surface area contributed by atoms with Crippen molar-refractivity contribution in [1.82, 2.24) is 5.43 Å². The standard InChI is InChI=1S/C17H17N3O6/c1-24-14-8-11(9-15(25-2)16(14)26-3)10-18-19-17(21)12-4-6-13(7-5-12)20(22)23/h4-10H,1-3H3,(H,19,21). The van der Waals surface area contributed by atoms with Crippen molar-refractivity contribution in [3.8, 4) is 17.2 Å². The summed E-state index contributed by atoms with van der Waals surface area (Å²) in [5, 5.41) is 14.5. The molecule has 26 heavy (non-hydrogen) atoms. The van der Waals surface area contributed by atoms with Crippen LogP contribution in [0.15, 0.2) is 41.5 Å². The summed E-state index contributed by atoms with van der Waals surface area (Å²) in [5.74, 6) is 0.857. The molecule has 0 bridgehead atoms. The first-order valence-electron chi connectivity index (χ1n) is 7.38. The first kappa shape index (κ1) is 18.7. The maximum atomic E-state index is 12.0. The Labute approximate surface area is 149 Å². The number of hydrogen-bond acceptors (Lipinski definition) is 7. The van der Waals surface area contributed by atoms with Crippen LogP contribution >= 0.6 is 0 Å². The van der Waals surface area contributed by atoms with Gasteiger partial charge in [-0.2, -0.15) is 5.10 Å². The third-order valence-corrected chi connectivity index (χ3v) is 3.41.